The van der Waals surface area contributed by atoms with Crippen LogP contribution in [0, 0.1) is 0 Å². The van der Waals surface area contributed by atoms with Crippen LogP contribution in [0.25, 0.3) is 0 Å². The van der Waals surface area contributed by atoms with Gasteiger partial charge >= 0.3 is 19.7 Å². The number of rotatable bonds is 36. The maximum Gasteiger partial charge on any atom is 0.459 e. The Kier molecular flexibility index (Phi) is 27.5. The van der Waals surface area contributed by atoms with Crippen molar-refractivity contribution in [1.29, 1.82) is 0 Å². The quantitative estimate of drug-likeness (QED) is 0.0407. The first kappa shape index (κ1) is 50.6. The van der Waals surface area contributed by atoms with Crippen molar-refractivity contribution >= 4 is 19.7 Å². The normalized spacial score (nSPS) is 16.8. The number of esters is 2. The number of carbonyl (C=O) groups is 2. The number of benzene rings is 2. The fourth-order valence-corrected chi connectivity index (χ4v) is 9.25. The molecule has 1 heterocycles. The number of unbranched alkanes of at least 4 members (excludes halogenated alkanes) is 18. The molecule has 2 unspecified atom stereocenters. The van der Waals surface area contributed by atoms with E-state index in [9.17, 15) is 14.2 Å². The van der Waals surface area contributed by atoms with Crippen LogP contribution in [0.15, 0.2) is 60.7 Å². The number of ether oxygens (including phenoxy) is 3. The topological polar surface area (TPSA) is 109 Å². The van der Waals surface area contributed by atoms with Gasteiger partial charge in [-0.3, -0.25) is 14.1 Å². The second-order valence-corrected chi connectivity index (χ2v) is 18.2. The molecule has 3 rings (SSSR count). The van der Waals surface area contributed by atoms with Crippen LogP contribution in [0.4, 0.5) is 0 Å². The molecule has 59 heavy (non-hydrogen) atoms. The average Bonchev–Trinajstić information content (AvgIpc) is 3.68. The van der Waals surface area contributed by atoms with Crippen molar-refractivity contribution in [3.05, 3.63) is 66.2 Å². The molecule has 0 saturated carbocycles. The van der Waals surface area contributed by atoms with Gasteiger partial charge < -0.3 is 18.7 Å². The van der Waals surface area contributed by atoms with Crippen molar-refractivity contribution in [3.8, 4) is 5.75 Å². The molecular weight excluding hydrogens is 762 g/mol. The Labute approximate surface area is 358 Å². The highest BCUT2D eigenvalue weighted by molar-refractivity contribution is 7.52. The fourth-order valence-electron chi connectivity index (χ4n) is 7.75. The van der Waals surface area contributed by atoms with Gasteiger partial charge in [-0.25, -0.2) is 4.57 Å². The van der Waals surface area contributed by atoms with Crippen molar-refractivity contribution in [2.24, 2.45) is 0 Å². The van der Waals surface area contributed by atoms with Crippen LogP contribution in [-0.4, -0.2) is 49.5 Å². The van der Waals surface area contributed by atoms with Crippen molar-refractivity contribution in [3.63, 3.8) is 0 Å². The van der Waals surface area contributed by atoms with E-state index in [1.165, 1.54) is 103 Å². The molecule has 334 valence electrons. The number of nitrogens with one attached hydrogen (secondary N) is 1. The molecular formula is C49H80NO8P. The van der Waals surface area contributed by atoms with Crippen LogP contribution in [-0.2, 0) is 39.3 Å². The van der Waals surface area contributed by atoms with E-state index in [1.54, 1.807) is 24.3 Å². The third-order valence-electron chi connectivity index (χ3n) is 11.2. The minimum atomic E-state index is -4.20. The molecule has 0 spiro atoms. The second kappa shape index (κ2) is 32.1. The van der Waals surface area contributed by atoms with E-state index in [-0.39, 0.29) is 25.1 Å². The van der Waals surface area contributed by atoms with Crippen molar-refractivity contribution in [1.82, 2.24) is 5.09 Å². The molecule has 10 heteroatoms. The van der Waals surface area contributed by atoms with Crippen LogP contribution >= 0.6 is 7.75 Å². The number of carbonyl (C=O) groups excluding carboxylic acids is 2. The lowest BCUT2D eigenvalue weighted by atomic mass is 10.0. The van der Waals surface area contributed by atoms with Gasteiger partial charge in [0.2, 0.25) is 0 Å². The van der Waals surface area contributed by atoms with Gasteiger partial charge in [-0.1, -0.05) is 198 Å². The summed E-state index contributed by atoms with van der Waals surface area (Å²) in [5.41, 5.74) is 0.867. The molecule has 0 aromatic heterocycles. The molecule has 0 bridgehead atoms. The van der Waals surface area contributed by atoms with Crippen molar-refractivity contribution < 1.29 is 37.4 Å². The summed E-state index contributed by atoms with van der Waals surface area (Å²) in [6.45, 7) is 6.63. The second-order valence-electron chi connectivity index (χ2n) is 16.5. The first-order valence-electron chi connectivity index (χ1n) is 23.7. The Morgan fingerprint density at radius 1 is 0.695 bits per heavy atom. The van der Waals surface area contributed by atoms with E-state index in [0.29, 0.717) is 25.2 Å². The minimum absolute atomic E-state index is 0.157. The molecule has 1 N–H and O–H groups in total. The lowest BCUT2D eigenvalue weighted by molar-refractivity contribution is -0.153. The Balaban J connectivity index is 1.40. The molecule has 1 saturated heterocycles. The lowest BCUT2D eigenvalue weighted by Gasteiger charge is -2.27. The number of hydrogen-bond donors (Lipinski definition) is 1. The molecule has 1 aliphatic rings. The Morgan fingerprint density at radius 2 is 1.20 bits per heavy atom. The molecule has 0 amide bonds. The Bertz CT molecular complexity index is 1390. The number of para-hydroxylation sites is 1. The van der Waals surface area contributed by atoms with Crippen LogP contribution in [0.1, 0.15) is 187 Å². The van der Waals surface area contributed by atoms with Gasteiger partial charge in [0.25, 0.3) is 0 Å². The third-order valence-corrected chi connectivity index (χ3v) is 12.7. The van der Waals surface area contributed by atoms with E-state index < -0.39 is 32.0 Å². The summed E-state index contributed by atoms with van der Waals surface area (Å²) in [6, 6.07) is 17.2. The van der Waals surface area contributed by atoms with Gasteiger partial charge in [0.1, 0.15) is 30.1 Å². The zero-order valence-electron chi connectivity index (χ0n) is 37.1. The average molecular weight is 842 g/mol. The zero-order valence-corrected chi connectivity index (χ0v) is 38.0. The summed E-state index contributed by atoms with van der Waals surface area (Å²) in [7, 11) is -4.20. The first-order valence-corrected chi connectivity index (χ1v) is 25.2. The lowest BCUT2D eigenvalue weighted by Crippen LogP contribution is -2.41. The maximum atomic E-state index is 14.6. The summed E-state index contributed by atoms with van der Waals surface area (Å²) in [4.78, 5) is 26.6. The Hall–Kier alpha value is -2.71. The summed E-state index contributed by atoms with van der Waals surface area (Å²) in [6.07, 6.45) is 27.8. The van der Waals surface area contributed by atoms with E-state index in [1.807, 2.05) is 36.4 Å². The van der Waals surface area contributed by atoms with Gasteiger partial charge in [-0.2, -0.15) is 5.09 Å². The summed E-state index contributed by atoms with van der Waals surface area (Å²) in [5, 5.41) is 2.95. The predicted octanol–water partition coefficient (Wildman–Crippen LogP) is 13.4. The number of hydrogen-bond acceptors (Lipinski definition) is 8. The van der Waals surface area contributed by atoms with E-state index in [2.05, 4.69) is 25.9 Å². The molecule has 9 nitrogen and oxygen atoms in total. The van der Waals surface area contributed by atoms with E-state index in [0.717, 1.165) is 50.5 Å². The summed E-state index contributed by atoms with van der Waals surface area (Å²) >= 11 is 0. The highest BCUT2D eigenvalue weighted by Gasteiger charge is 2.39. The highest BCUT2D eigenvalue weighted by Crippen LogP contribution is 2.46. The maximum absolute atomic E-state index is 14.6. The summed E-state index contributed by atoms with van der Waals surface area (Å²) < 4.78 is 44.4. The third kappa shape index (κ3) is 23.2. The standard InChI is InChI=1S/C49H80NO8P/c1-4-7-8-9-10-11-12-13-14-15-16-17-18-19-20-21-22-23-30-37-48(51)57-46-38-39-54-47(46)41-55-59(53,58-44-35-28-25-29-36-44)50-45(40-42-33-26-24-27-34-42)49(52)56-43(31-5-2)32-6-3/h24-29,33-36,43,45-47H,4-23,30-32,37-41H2,1-3H3,(H,50,53)/t45-,46?,47?,59-/m0/s1. The van der Waals surface area contributed by atoms with Gasteiger partial charge in [-0.05, 0) is 43.4 Å². The van der Waals surface area contributed by atoms with Crippen LogP contribution < -0.4 is 9.61 Å². The zero-order chi connectivity index (χ0) is 42.2. The molecule has 0 aliphatic carbocycles. The van der Waals surface area contributed by atoms with Gasteiger partial charge in [0.15, 0.2) is 0 Å². The van der Waals surface area contributed by atoms with Gasteiger partial charge in [-0.15, -0.1) is 0 Å². The molecule has 4 atom stereocenters. The monoisotopic (exact) mass is 842 g/mol. The molecule has 1 aliphatic heterocycles. The largest absolute Gasteiger partial charge is 0.461 e. The molecule has 2 aromatic carbocycles. The fraction of sp³-hybridized carbons (Fsp3) is 0.714. The van der Waals surface area contributed by atoms with Gasteiger partial charge in [0.05, 0.1) is 13.2 Å². The predicted molar refractivity (Wildman–Crippen MR) is 240 cm³/mol. The van der Waals surface area contributed by atoms with Crippen molar-refractivity contribution in [2.45, 2.75) is 212 Å². The van der Waals surface area contributed by atoms with Crippen LogP contribution in [0.5, 0.6) is 5.75 Å². The smallest absolute Gasteiger partial charge is 0.459 e. The minimum Gasteiger partial charge on any atom is -0.461 e. The van der Waals surface area contributed by atoms with Gasteiger partial charge in [0, 0.05) is 12.8 Å². The molecule has 0 radical (unpaired) electrons. The first-order chi connectivity index (χ1) is 28.9. The highest BCUT2D eigenvalue weighted by atomic mass is 31.2. The molecule has 2 aromatic rings. The van der Waals surface area contributed by atoms with E-state index in [4.69, 9.17) is 23.3 Å². The molecule has 1 fully saturated rings. The van der Waals surface area contributed by atoms with Crippen LogP contribution in [0.2, 0.25) is 0 Å². The SMILES string of the molecule is CCCCCCCCCCCCCCCCCCCCCC(=O)OC1CCOC1CO[P@@](=O)(N[C@@H](Cc1ccccc1)C(=O)OC(CCC)CCC)Oc1ccccc1. The van der Waals surface area contributed by atoms with Crippen LogP contribution in [0.3, 0.4) is 0 Å². The van der Waals surface area contributed by atoms with Crippen molar-refractivity contribution in [2.75, 3.05) is 13.2 Å². The Morgan fingerprint density at radius 3 is 1.73 bits per heavy atom. The summed E-state index contributed by atoms with van der Waals surface area (Å²) in [5.74, 6) is -0.446. The van der Waals surface area contributed by atoms with E-state index >= 15 is 0 Å².